The van der Waals surface area contributed by atoms with E-state index in [4.69, 9.17) is 5.11 Å². The highest BCUT2D eigenvalue weighted by molar-refractivity contribution is 7.92. The van der Waals surface area contributed by atoms with Crippen molar-refractivity contribution < 1.29 is 18.3 Å². The molecule has 2 aromatic carbocycles. The van der Waals surface area contributed by atoms with Crippen LogP contribution in [-0.2, 0) is 16.4 Å². The summed E-state index contributed by atoms with van der Waals surface area (Å²) in [6.07, 6.45) is 1.56. The topological polar surface area (TPSA) is 74.7 Å². The minimum absolute atomic E-state index is 0.000882. The Morgan fingerprint density at radius 3 is 2.65 bits per heavy atom. The molecule has 0 radical (unpaired) electrons. The molecular weight excluding hydrogens is 314 g/mol. The number of rotatable bonds is 3. The molecule has 0 aromatic heterocycles. The van der Waals surface area contributed by atoms with Crippen molar-refractivity contribution in [3.63, 3.8) is 0 Å². The first-order valence-electron chi connectivity index (χ1n) is 7.37. The van der Waals surface area contributed by atoms with Gasteiger partial charge in [0, 0.05) is 6.04 Å². The molecule has 1 aliphatic rings. The molecule has 0 unspecified atom stereocenters. The Labute approximate surface area is 135 Å². The average molecular weight is 331 g/mol. The lowest BCUT2D eigenvalue weighted by molar-refractivity contribution is 0.0696. The molecule has 23 heavy (non-hydrogen) atoms. The van der Waals surface area contributed by atoms with Gasteiger partial charge in [0.2, 0.25) is 0 Å². The van der Waals surface area contributed by atoms with Crippen LogP contribution >= 0.6 is 0 Å². The lowest BCUT2D eigenvalue weighted by atomic mass is 9.99. The molecule has 0 bridgehead atoms. The van der Waals surface area contributed by atoms with E-state index in [-0.39, 0.29) is 16.5 Å². The van der Waals surface area contributed by atoms with E-state index in [2.05, 4.69) is 0 Å². The number of anilines is 1. The Kier molecular flexibility index (Phi) is 3.85. The zero-order valence-electron chi connectivity index (χ0n) is 12.6. The van der Waals surface area contributed by atoms with Crippen LogP contribution in [0.25, 0.3) is 0 Å². The number of sulfonamides is 1. The van der Waals surface area contributed by atoms with Crippen LogP contribution in [0.1, 0.15) is 29.3 Å². The van der Waals surface area contributed by atoms with Crippen molar-refractivity contribution >= 4 is 21.7 Å². The normalized spacial score (nSPS) is 17.6. The summed E-state index contributed by atoms with van der Waals surface area (Å²) in [5.41, 5.74) is 1.62. The predicted octanol–water partition coefficient (Wildman–Crippen LogP) is 2.91. The Bertz CT molecular complexity index is 860. The van der Waals surface area contributed by atoms with Crippen molar-refractivity contribution in [2.75, 3.05) is 4.31 Å². The molecule has 120 valence electrons. The molecule has 6 heteroatoms. The number of hydrogen-bond acceptors (Lipinski definition) is 3. The van der Waals surface area contributed by atoms with Crippen LogP contribution in [0.3, 0.4) is 0 Å². The SMILES string of the molecule is C[C@@H]1CCc2ccccc2N1S(=O)(=O)c1cccc(C(=O)O)c1. The van der Waals surface area contributed by atoms with E-state index in [9.17, 15) is 13.2 Å². The summed E-state index contributed by atoms with van der Waals surface area (Å²) < 4.78 is 27.5. The number of fused-ring (bicyclic) bond motifs is 1. The maximum Gasteiger partial charge on any atom is 0.335 e. The highest BCUT2D eigenvalue weighted by atomic mass is 32.2. The van der Waals surface area contributed by atoms with E-state index >= 15 is 0 Å². The van der Waals surface area contributed by atoms with E-state index in [1.807, 2.05) is 25.1 Å². The standard InChI is InChI=1S/C17H17NO4S/c1-12-9-10-13-5-2-3-8-16(13)18(12)23(21,22)15-7-4-6-14(11-15)17(19)20/h2-8,11-12H,9-10H2,1H3,(H,19,20)/t12-/m1/s1. The number of para-hydroxylation sites is 1. The molecule has 5 nitrogen and oxygen atoms in total. The van der Waals surface area contributed by atoms with Gasteiger partial charge in [-0.25, -0.2) is 13.2 Å². The van der Waals surface area contributed by atoms with Crippen LogP contribution in [0, 0.1) is 0 Å². The number of carboxylic acids is 1. The Morgan fingerprint density at radius 1 is 1.17 bits per heavy atom. The molecule has 1 atom stereocenters. The van der Waals surface area contributed by atoms with E-state index in [0.717, 1.165) is 18.4 Å². The summed E-state index contributed by atoms with van der Waals surface area (Å²) in [6, 6.07) is 12.7. The first-order chi connectivity index (χ1) is 10.9. The fourth-order valence-electron chi connectivity index (χ4n) is 2.93. The molecule has 1 N–H and O–H groups in total. The molecule has 1 heterocycles. The third-order valence-electron chi connectivity index (χ3n) is 4.10. The van der Waals surface area contributed by atoms with Crippen molar-refractivity contribution in [1.82, 2.24) is 0 Å². The average Bonchev–Trinajstić information content (AvgIpc) is 2.54. The third kappa shape index (κ3) is 2.70. The summed E-state index contributed by atoms with van der Waals surface area (Å²) in [6.45, 7) is 1.87. The second-order valence-corrected chi connectivity index (χ2v) is 7.47. The highest BCUT2D eigenvalue weighted by Crippen LogP contribution is 2.35. The summed E-state index contributed by atoms with van der Waals surface area (Å²) in [5, 5.41) is 9.09. The first-order valence-corrected chi connectivity index (χ1v) is 8.81. The van der Waals surface area contributed by atoms with Crippen LogP contribution < -0.4 is 4.31 Å². The van der Waals surface area contributed by atoms with Crippen LogP contribution in [0.4, 0.5) is 5.69 Å². The third-order valence-corrected chi connectivity index (χ3v) is 6.02. The van der Waals surface area contributed by atoms with Gasteiger partial charge in [0.1, 0.15) is 0 Å². The zero-order chi connectivity index (χ0) is 16.6. The van der Waals surface area contributed by atoms with Crippen LogP contribution in [0.15, 0.2) is 53.4 Å². The van der Waals surface area contributed by atoms with Crippen LogP contribution in [-0.4, -0.2) is 25.5 Å². The van der Waals surface area contributed by atoms with Gasteiger partial charge in [-0.2, -0.15) is 0 Å². The van der Waals surface area contributed by atoms with Gasteiger partial charge in [-0.15, -0.1) is 0 Å². The lowest BCUT2D eigenvalue weighted by Crippen LogP contribution is -2.42. The van der Waals surface area contributed by atoms with Gasteiger partial charge in [0.05, 0.1) is 16.1 Å². The molecule has 1 aliphatic heterocycles. The monoisotopic (exact) mass is 331 g/mol. The molecule has 0 aliphatic carbocycles. The van der Waals surface area contributed by atoms with Gasteiger partial charge >= 0.3 is 5.97 Å². The van der Waals surface area contributed by atoms with E-state index in [1.165, 1.54) is 28.6 Å². The van der Waals surface area contributed by atoms with Crippen LogP contribution in [0.5, 0.6) is 0 Å². The number of benzene rings is 2. The summed E-state index contributed by atoms with van der Waals surface area (Å²) in [7, 11) is -3.81. The summed E-state index contributed by atoms with van der Waals surface area (Å²) in [4.78, 5) is 11.1. The number of aryl methyl sites for hydroxylation is 1. The second-order valence-electron chi connectivity index (χ2n) is 5.65. The van der Waals surface area contributed by atoms with Crippen LogP contribution in [0.2, 0.25) is 0 Å². The smallest absolute Gasteiger partial charge is 0.335 e. The van der Waals surface area contributed by atoms with Crippen molar-refractivity contribution in [2.45, 2.75) is 30.7 Å². The number of carboxylic acid groups (broad SMARTS) is 1. The van der Waals surface area contributed by atoms with Gasteiger partial charge < -0.3 is 5.11 Å². The molecule has 0 fully saturated rings. The molecule has 0 amide bonds. The second kappa shape index (κ2) is 5.70. The quantitative estimate of drug-likeness (QED) is 0.938. The van der Waals surface area contributed by atoms with Gasteiger partial charge in [-0.05, 0) is 49.6 Å². The zero-order valence-corrected chi connectivity index (χ0v) is 13.5. The highest BCUT2D eigenvalue weighted by Gasteiger charge is 2.33. The maximum absolute atomic E-state index is 13.1. The van der Waals surface area contributed by atoms with Gasteiger partial charge in [-0.1, -0.05) is 24.3 Å². The molecule has 3 rings (SSSR count). The van der Waals surface area contributed by atoms with Gasteiger partial charge in [-0.3, -0.25) is 4.31 Å². The van der Waals surface area contributed by atoms with Crippen molar-refractivity contribution in [3.05, 3.63) is 59.7 Å². The Morgan fingerprint density at radius 2 is 1.91 bits per heavy atom. The van der Waals surface area contributed by atoms with Gasteiger partial charge in [0.15, 0.2) is 0 Å². The molecule has 0 saturated carbocycles. The van der Waals surface area contributed by atoms with Gasteiger partial charge in [0.25, 0.3) is 10.0 Å². The van der Waals surface area contributed by atoms with Crippen molar-refractivity contribution in [3.8, 4) is 0 Å². The number of carbonyl (C=O) groups is 1. The number of hydrogen-bond donors (Lipinski definition) is 1. The number of aromatic carboxylic acids is 1. The predicted molar refractivity (Wildman–Crippen MR) is 87.3 cm³/mol. The molecular formula is C17H17NO4S. The van der Waals surface area contributed by atoms with Crippen molar-refractivity contribution in [1.29, 1.82) is 0 Å². The Hall–Kier alpha value is -2.34. The van der Waals surface area contributed by atoms with E-state index in [0.29, 0.717) is 5.69 Å². The minimum atomic E-state index is -3.81. The Balaban J connectivity index is 2.13. The summed E-state index contributed by atoms with van der Waals surface area (Å²) >= 11 is 0. The lowest BCUT2D eigenvalue weighted by Gasteiger charge is -2.36. The molecule has 0 saturated heterocycles. The fraction of sp³-hybridized carbons (Fsp3) is 0.235. The molecule has 0 spiro atoms. The minimum Gasteiger partial charge on any atom is -0.478 e. The fourth-order valence-corrected chi connectivity index (χ4v) is 4.70. The molecule has 2 aromatic rings. The number of nitrogens with zero attached hydrogens (tertiary/aromatic N) is 1. The largest absolute Gasteiger partial charge is 0.478 e. The summed E-state index contributed by atoms with van der Waals surface area (Å²) in [5.74, 6) is -1.14. The van der Waals surface area contributed by atoms with E-state index in [1.54, 1.807) is 6.07 Å². The van der Waals surface area contributed by atoms with E-state index < -0.39 is 16.0 Å². The van der Waals surface area contributed by atoms with Crippen molar-refractivity contribution in [2.24, 2.45) is 0 Å². The first kappa shape index (κ1) is 15.6. The maximum atomic E-state index is 13.1.